The highest BCUT2D eigenvalue weighted by Gasteiger charge is 2.15. The van der Waals surface area contributed by atoms with Crippen LogP contribution < -0.4 is 0 Å². The van der Waals surface area contributed by atoms with Gasteiger partial charge < -0.3 is 4.74 Å². The van der Waals surface area contributed by atoms with Crippen molar-refractivity contribution in [2.75, 3.05) is 6.61 Å². The van der Waals surface area contributed by atoms with E-state index in [0.29, 0.717) is 17.9 Å². The summed E-state index contributed by atoms with van der Waals surface area (Å²) in [5, 5.41) is 0. The fourth-order valence-electron chi connectivity index (χ4n) is 2.62. The van der Waals surface area contributed by atoms with E-state index in [1.165, 1.54) is 31.3 Å². The quantitative estimate of drug-likeness (QED) is 0.278. The van der Waals surface area contributed by atoms with Crippen molar-refractivity contribution in [3.63, 3.8) is 0 Å². The number of esters is 1. The summed E-state index contributed by atoms with van der Waals surface area (Å²) < 4.78 is 4.93. The highest BCUT2D eigenvalue weighted by Crippen LogP contribution is 2.28. The molecule has 0 spiro atoms. The summed E-state index contributed by atoms with van der Waals surface area (Å²) in [6.07, 6.45) is 9.89. The zero-order chi connectivity index (χ0) is 17.2. The van der Waals surface area contributed by atoms with Crippen LogP contribution in [0.5, 0.6) is 0 Å². The van der Waals surface area contributed by atoms with Gasteiger partial charge in [0, 0.05) is 6.08 Å². The molecule has 128 valence electrons. The number of allylic oxidation sites excluding steroid dienone is 3. The lowest BCUT2D eigenvalue weighted by Gasteiger charge is -2.23. The maximum absolute atomic E-state index is 11.4. The molecule has 0 aliphatic carbocycles. The average Bonchev–Trinajstić information content (AvgIpc) is 2.37. The molecule has 2 heteroatoms. The van der Waals surface area contributed by atoms with Crippen LogP contribution in [0.15, 0.2) is 23.3 Å². The maximum Gasteiger partial charge on any atom is 0.330 e. The molecule has 0 radical (unpaired) electrons. The van der Waals surface area contributed by atoms with E-state index < -0.39 is 0 Å². The highest BCUT2D eigenvalue weighted by atomic mass is 16.5. The van der Waals surface area contributed by atoms with Crippen LogP contribution in [0.3, 0.4) is 0 Å². The molecule has 0 bridgehead atoms. The zero-order valence-electron chi connectivity index (χ0n) is 15.8. The fourth-order valence-corrected chi connectivity index (χ4v) is 2.62. The summed E-state index contributed by atoms with van der Waals surface area (Å²) in [5.41, 5.74) is 2.78. The Morgan fingerprint density at radius 2 is 1.82 bits per heavy atom. The summed E-state index contributed by atoms with van der Waals surface area (Å²) in [6.45, 7) is 15.7. The molecule has 0 N–H and O–H groups in total. The van der Waals surface area contributed by atoms with Crippen LogP contribution >= 0.6 is 0 Å². The van der Waals surface area contributed by atoms with Gasteiger partial charge in [0.1, 0.15) is 0 Å². The van der Waals surface area contributed by atoms with Crippen LogP contribution in [0.25, 0.3) is 0 Å². The van der Waals surface area contributed by atoms with Crippen LogP contribution in [0.1, 0.15) is 80.6 Å². The molecule has 0 heterocycles. The highest BCUT2D eigenvalue weighted by molar-refractivity contribution is 5.83. The molecular weight excluding hydrogens is 272 g/mol. The van der Waals surface area contributed by atoms with Crippen molar-refractivity contribution in [1.29, 1.82) is 0 Å². The van der Waals surface area contributed by atoms with Gasteiger partial charge in [0.05, 0.1) is 6.61 Å². The summed E-state index contributed by atoms with van der Waals surface area (Å²) in [5.74, 6) is 0.443. The van der Waals surface area contributed by atoms with Crippen molar-refractivity contribution >= 4 is 5.97 Å². The predicted molar refractivity (Wildman–Crippen MR) is 95.9 cm³/mol. The fraction of sp³-hybridized carbons (Fsp3) is 0.750. The molecule has 0 aromatic rings. The van der Waals surface area contributed by atoms with Crippen LogP contribution in [-0.2, 0) is 9.53 Å². The Kier molecular flexibility index (Phi) is 10.1. The number of hydrogen-bond acceptors (Lipinski definition) is 2. The first-order chi connectivity index (χ1) is 10.2. The number of carbonyl (C=O) groups is 1. The molecule has 1 unspecified atom stereocenters. The third-order valence-electron chi connectivity index (χ3n) is 4.28. The van der Waals surface area contributed by atoms with Crippen LogP contribution in [0.2, 0.25) is 0 Å². The molecule has 22 heavy (non-hydrogen) atoms. The summed E-state index contributed by atoms with van der Waals surface area (Å²) in [6, 6.07) is 0. The lowest BCUT2D eigenvalue weighted by molar-refractivity contribution is -0.137. The van der Waals surface area contributed by atoms with Gasteiger partial charge in [-0.25, -0.2) is 4.79 Å². The van der Waals surface area contributed by atoms with Crippen molar-refractivity contribution in [3.05, 3.63) is 23.3 Å². The van der Waals surface area contributed by atoms with Crippen LogP contribution in [0.4, 0.5) is 0 Å². The molecule has 0 saturated carbocycles. The van der Waals surface area contributed by atoms with Crippen LogP contribution in [-0.4, -0.2) is 12.6 Å². The van der Waals surface area contributed by atoms with E-state index in [0.717, 1.165) is 12.0 Å². The maximum atomic E-state index is 11.4. The van der Waals surface area contributed by atoms with E-state index in [9.17, 15) is 4.79 Å². The number of carbonyl (C=O) groups excluding carboxylic acids is 1. The standard InChI is InChI=1S/C20H36O2/c1-8-20(6,7)12-10-11-16(3)13-17(4)14-18(5)15-19(21)22-9-2/h14-16H,8-13H2,1-7H3/b17-14+,18-15+. The second-order valence-corrected chi connectivity index (χ2v) is 7.35. The summed E-state index contributed by atoms with van der Waals surface area (Å²) >= 11 is 0. The van der Waals surface area contributed by atoms with Crippen LogP contribution in [0, 0.1) is 11.3 Å². The Labute approximate surface area is 138 Å². The first kappa shape index (κ1) is 20.9. The van der Waals surface area contributed by atoms with Gasteiger partial charge in [-0.2, -0.15) is 0 Å². The van der Waals surface area contributed by atoms with Gasteiger partial charge >= 0.3 is 5.97 Å². The topological polar surface area (TPSA) is 26.3 Å². The van der Waals surface area contributed by atoms with Crippen molar-refractivity contribution in [1.82, 2.24) is 0 Å². The van der Waals surface area contributed by atoms with Crippen molar-refractivity contribution in [2.45, 2.75) is 80.6 Å². The van der Waals surface area contributed by atoms with Gasteiger partial charge in [0.2, 0.25) is 0 Å². The van der Waals surface area contributed by atoms with Gasteiger partial charge in [0.25, 0.3) is 0 Å². The molecule has 0 fully saturated rings. The van der Waals surface area contributed by atoms with Gasteiger partial charge in [-0.3, -0.25) is 0 Å². The average molecular weight is 309 g/mol. The lowest BCUT2D eigenvalue weighted by atomic mass is 9.83. The summed E-state index contributed by atoms with van der Waals surface area (Å²) in [4.78, 5) is 11.4. The molecule has 0 aromatic carbocycles. The Morgan fingerprint density at radius 1 is 1.18 bits per heavy atom. The predicted octanol–water partition coefficient (Wildman–Crippen LogP) is 6.07. The Hall–Kier alpha value is -1.05. The van der Waals surface area contributed by atoms with Crippen molar-refractivity contribution in [2.24, 2.45) is 11.3 Å². The number of ether oxygens (including phenoxy) is 1. The third kappa shape index (κ3) is 10.6. The number of rotatable bonds is 10. The van der Waals surface area contributed by atoms with E-state index in [4.69, 9.17) is 4.74 Å². The van der Waals surface area contributed by atoms with E-state index in [1.54, 1.807) is 6.08 Å². The first-order valence-corrected chi connectivity index (χ1v) is 8.72. The molecule has 2 nitrogen and oxygen atoms in total. The van der Waals surface area contributed by atoms with Crippen molar-refractivity contribution in [3.8, 4) is 0 Å². The van der Waals surface area contributed by atoms with E-state index in [2.05, 4.69) is 40.7 Å². The monoisotopic (exact) mass is 308 g/mol. The van der Waals surface area contributed by atoms with Gasteiger partial charge in [0.15, 0.2) is 0 Å². The summed E-state index contributed by atoms with van der Waals surface area (Å²) in [7, 11) is 0. The minimum atomic E-state index is -0.251. The Balaban J connectivity index is 4.26. The molecule has 0 aromatic heterocycles. The molecular formula is C20H36O2. The normalized spacial score (nSPS) is 14.9. The molecule has 0 aliphatic rings. The van der Waals surface area contributed by atoms with E-state index in [1.807, 2.05) is 13.8 Å². The lowest BCUT2D eigenvalue weighted by Crippen LogP contribution is -2.10. The molecule has 0 saturated heterocycles. The molecule has 1 atom stereocenters. The molecule has 0 rings (SSSR count). The largest absolute Gasteiger partial charge is 0.463 e. The minimum absolute atomic E-state index is 0.251. The smallest absolute Gasteiger partial charge is 0.330 e. The van der Waals surface area contributed by atoms with Gasteiger partial charge in [-0.15, -0.1) is 0 Å². The minimum Gasteiger partial charge on any atom is -0.463 e. The first-order valence-electron chi connectivity index (χ1n) is 8.72. The van der Waals surface area contributed by atoms with Crippen molar-refractivity contribution < 1.29 is 9.53 Å². The number of hydrogen-bond donors (Lipinski definition) is 0. The Morgan fingerprint density at radius 3 is 2.36 bits per heavy atom. The van der Waals surface area contributed by atoms with E-state index >= 15 is 0 Å². The van der Waals surface area contributed by atoms with Gasteiger partial charge in [-0.05, 0) is 50.5 Å². The zero-order valence-corrected chi connectivity index (χ0v) is 15.8. The molecule has 0 amide bonds. The second kappa shape index (κ2) is 10.6. The second-order valence-electron chi connectivity index (χ2n) is 7.35. The van der Waals surface area contributed by atoms with E-state index in [-0.39, 0.29) is 5.97 Å². The Bertz CT molecular complexity index is 389. The third-order valence-corrected chi connectivity index (χ3v) is 4.28. The van der Waals surface area contributed by atoms with Gasteiger partial charge in [-0.1, -0.05) is 58.6 Å². The molecule has 0 aliphatic heterocycles. The SMILES string of the molecule is CCOC(=O)/C=C(C)/C=C(\C)CC(C)CCCC(C)(C)CC.